The molecule has 0 saturated heterocycles. The molecule has 1 heterocycles. The van der Waals surface area contributed by atoms with E-state index in [2.05, 4.69) is 11.7 Å². The molecule has 0 unspecified atom stereocenters. The number of hydrogen-bond donors (Lipinski definition) is 0. The van der Waals surface area contributed by atoms with E-state index in [1.807, 2.05) is 25.3 Å². The Morgan fingerprint density at radius 2 is 2.50 bits per heavy atom. The molecule has 1 aromatic rings. The third-order valence-corrected chi connectivity index (χ3v) is 1.22. The van der Waals surface area contributed by atoms with Crippen molar-refractivity contribution >= 4 is 5.70 Å². The molecule has 52 valence electrons. The van der Waals surface area contributed by atoms with Gasteiger partial charge < -0.3 is 0 Å². The van der Waals surface area contributed by atoms with Crippen molar-refractivity contribution in [1.82, 2.24) is 9.78 Å². The molecule has 0 fully saturated rings. The molecule has 0 amide bonds. The van der Waals surface area contributed by atoms with Crippen LogP contribution in [0, 0.1) is 0 Å². The molecule has 2 nitrogen and oxygen atoms in total. The van der Waals surface area contributed by atoms with Gasteiger partial charge in [-0.1, -0.05) is 12.7 Å². The summed E-state index contributed by atoms with van der Waals surface area (Å²) in [6.45, 7) is 5.57. The first-order valence-electron chi connectivity index (χ1n) is 3.14. The van der Waals surface area contributed by atoms with Crippen molar-refractivity contribution in [2.24, 2.45) is 0 Å². The van der Waals surface area contributed by atoms with Crippen LogP contribution in [0.3, 0.4) is 0 Å². The minimum Gasteiger partial charge on any atom is -0.245 e. The molecular weight excluding hydrogens is 124 g/mol. The van der Waals surface area contributed by atoms with Crippen LogP contribution >= 0.6 is 0 Å². The van der Waals surface area contributed by atoms with E-state index in [0.717, 1.165) is 5.70 Å². The van der Waals surface area contributed by atoms with Crippen LogP contribution in [-0.2, 0) is 0 Å². The van der Waals surface area contributed by atoms with E-state index in [1.54, 1.807) is 17.0 Å². The molecule has 0 aliphatic rings. The Labute approximate surface area is 60.5 Å². The maximum Gasteiger partial charge on any atom is 0.0493 e. The van der Waals surface area contributed by atoms with Gasteiger partial charge in [0.2, 0.25) is 0 Å². The molecule has 0 saturated carbocycles. The van der Waals surface area contributed by atoms with Gasteiger partial charge in [0, 0.05) is 18.1 Å². The number of hydrogen-bond acceptors (Lipinski definition) is 1. The summed E-state index contributed by atoms with van der Waals surface area (Å²) >= 11 is 0. The maximum atomic E-state index is 4.04. The molecule has 10 heavy (non-hydrogen) atoms. The zero-order chi connectivity index (χ0) is 7.40. The van der Waals surface area contributed by atoms with Crippen molar-refractivity contribution in [3.8, 4) is 0 Å². The number of aromatic nitrogens is 2. The first-order valence-corrected chi connectivity index (χ1v) is 3.14. The smallest absolute Gasteiger partial charge is 0.0493 e. The van der Waals surface area contributed by atoms with Crippen molar-refractivity contribution < 1.29 is 0 Å². The second-order valence-corrected chi connectivity index (χ2v) is 1.99. The van der Waals surface area contributed by atoms with Crippen LogP contribution in [0.5, 0.6) is 0 Å². The van der Waals surface area contributed by atoms with Gasteiger partial charge in [-0.3, -0.25) is 0 Å². The Hall–Kier alpha value is -1.31. The van der Waals surface area contributed by atoms with Gasteiger partial charge in [-0.15, -0.1) is 0 Å². The molecule has 1 rings (SSSR count). The highest BCUT2D eigenvalue weighted by atomic mass is 15.3. The lowest BCUT2D eigenvalue weighted by Gasteiger charge is -1.96. The Bertz CT molecular complexity index is 232. The van der Waals surface area contributed by atoms with E-state index in [-0.39, 0.29) is 0 Å². The fourth-order valence-electron chi connectivity index (χ4n) is 0.724. The van der Waals surface area contributed by atoms with Gasteiger partial charge in [0.05, 0.1) is 0 Å². The van der Waals surface area contributed by atoms with E-state index in [1.165, 1.54) is 0 Å². The van der Waals surface area contributed by atoms with Gasteiger partial charge in [-0.25, -0.2) is 4.68 Å². The minimum absolute atomic E-state index is 1.07. The summed E-state index contributed by atoms with van der Waals surface area (Å²) in [4.78, 5) is 0. The highest BCUT2D eigenvalue weighted by Crippen LogP contribution is 1.99. The zero-order valence-corrected chi connectivity index (χ0v) is 5.99. The van der Waals surface area contributed by atoms with Crippen molar-refractivity contribution in [3.05, 3.63) is 37.2 Å². The molecule has 0 aliphatic heterocycles. The summed E-state index contributed by atoms with van der Waals surface area (Å²) in [5.41, 5.74) is 1.07. The van der Waals surface area contributed by atoms with Crippen molar-refractivity contribution in [2.45, 2.75) is 6.92 Å². The van der Waals surface area contributed by atoms with E-state index in [0.29, 0.717) is 0 Å². The SMILES string of the molecule is C=C/C=C(\C)n1cccn1. The first-order chi connectivity index (χ1) is 4.84. The third-order valence-electron chi connectivity index (χ3n) is 1.22. The van der Waals surface area contributed by atoms with Gasteiger partial charge >= 0.3 is 0 Å². The highest BCUT2D eigenvalue weighted by molar-refractivity contribution is 5.43. The molecule has 0 aromatic carbocycles. The van der Waals surface area contributed by atoms with Gasteiger partial charge in [-0.05, 0) is 19.1 Å². The topological polar surface area (TPSA) is 17.8 Å². The van der Waals surface area contributed by atoms with Crippen LogP contribution in [0.1, 0.15) is 6.92 Å². The predicted octanol–water partition coefficient (Wildman–Crippen LogP) is 1.93. The fourth-order valence-corrected chi connectivity index (χ4v) is 0.724. The average molecular weight is 134 g/mol. The molecule has 0 radical (unpaired) electrons. The monoisotopic (exact) mass is 134 g/mol. The molecular formula is C8H10N2. The van der Waals surface area contributed by atoms with Crippen molar-refractivity contribution in [1.29, 1.82) is 0 Å². The summed E-state index contributed by atoms with van der Waals surface area (Å²) in [6.07, 6.45) is 7.31. The Morgan fingerprint density at radius 1 is 1.70 bits per heavy atom. The fraction of sp³-hybridized carbons (Fsp3) is 0.125. The second-order valence-electron chi connectivity index (χ2n) is 1.99. The van der Waals surface area contributed by atoms with Crippen LogP contribution in [0.25, 0.3) is 5.70 Å². The van der Waals surface area contributed by atoms with Crippen molar-refractivity contribution in [2.75, 3.05) is 0 Å². The van der Waals surface area contributed by atoms with Gasteiger partial charge in [0.1, 0.15) is 0 Å². The quantitative estimate of drug-likeness (QED) is 0.565. The van der Waals surface area contributed by atoms with E-state index >= 15 is 0 Å². The molecule has 0 aliphatic carbocycles. The lowest BCUT2D eigenvalue weighted by molar-refractivity contribution is 0.896. The third kappa shape index (κ3) is 1.35. The van der Waals surface area contributed by atoms with E-state index < -0.39 is 0 Å². The largest absolute Gasteiger partial charge is 0.245 e. The van der Waals surface area contributed by atoms with E-state index in [9.17, 15) is 0 Å². The zero-order valence-electron chi connectivity index (χ0n) is 5.99. The highest BCUT2D eigenvalue weighted by Gasteiger charge is 1.87. The summed E-state index contributed by atoms with van der Waals surface area (Å²) in [5, 5.41) is 4.04. The Balaban J connectivity index is 2.86. The average Bonchev–Trinajstić information content (AvgIpc) is 2.38. The van der Waals surface area contributed by atoms with Crippen LogP contribution in [0.4, 0.5) is 0 Å². The molecule has 0 bridgehead atoms. The molecule has 2 heteroatoms. The maximum absolute atomic E-state index is 4.04. The number of nitrogens with zero attached hydrogens (tertiary/aromatic N) is 2. The van der Waals surface area contributed by atoms with Crippen LogP contribution in [0.15, 0.2) is 37.2 Å². The molecule has 0 N–H and O–H groups in total. The molecule has 0 atom stereocenters. The number of allylic oxidation sites excluding steroid dienone is 3. The van der Waals surface area contributed by atoms with Crippen LogP contribution < -0.4 is 0 Å². The standard InChI is InChI=1S/C8H10N2/c1-3-5-8(2)10-7-4-6-9-10/h3-7H,1H2,2H3/b8-5+. The number of rotatable bonds is 2. The van der Waals surface area contributed by atoms with Crippen LogP contribution in [-0.4, -0.2) is 9.78 Å². The molecule has 0 spiro atoms. The van der Waals surface area contributed by atoms with Gasteiger partial charge in [0.15, 0.2) is 0 Å². The van der Waals surface area contributed by atoms with Gasteiger partial charge in [-0.2, -0.15) is 5.10 Å². The lowest BCUT2D eigenvalue weighted by Crippen LogP contribution is -1.91. The van der Waals surface area contributed by atoms with Gasteiger partial charge in [0.25, 0.3) is 0 Å². The summed E-state index contributed by atoms with van der Waals surface area (Å²) < 4.78 is 1.79. The normalized spacial score (nSPS) is 11.5. The summed E-state index contributed by atoms with van der Waals surface area (Å²) in [6, 6.07) is 1.89. The molecule has 1 aromatic heterocycles. The second kappa shape index (κ2) is 3.01. The lowest BCUT2D eigenvalue weighted by atomic mass is 10.4. The Kier molecular flexibility index (Phi) is 2.05. The summed E-state index contributed by atoms with van der Waals surface area (Å²) in [7, 11) is 0. The first kappa shape index (κ1) is 6.81. The summed E-state index contributed by atoms with van der Waals surface area (Å²) in [5.74, 6) is 0. The minimum atomic E-state index is 1.07. The Morgan fingerprint density at radius 3 is 3.00 bits per heavy atom. The predicted molar refractivity (Wildman–Crippen MR) is 42.4 cm³/mol. The van der Waals surface area contributed by atoms with Crippen molar-refractivity contribution in [3.63, 3.8) is 0 Å². The van der Waals surface area contributed by atoms with Crippen LogP contribution in [0.2, 0.25) is 0 Å². The van der Waals surface area contributed by atoms with E-state index in [4.69, 9.17) is 0 Å².